The summed E-state index contributed by atoms with van der Waals surface area (Å²) in [5.74, 6) is 0. The predicted octanol–water partition coefficient (Wildman–Crippen LogP) is 5.95. The standard InChI is InChI=1S/C21H22/c1-4-20-17-13-8-6-7-11-15-19(3)16-12-9-10-14-18-21(20)5-2/h4-18H,1-2H2,3H3/b7-6?,8-6-,10-9-,11-7-,12-9?,13-8?,14-10?,15-11?,16-12-,17-13+,18-14+,19-15-,19-16?,20-17?,21-18?,21-20-. The fourth-order valence-corrected chi connectivity index (χ4v) is 1.67. The van der Waals surface area contributed by atoms with E-state index in [0.717, 1.165) is 11.1 Å². The number of hydrogen-bond donors (Lipinski definition) is 0. The minimum absolute atomic E-state index is 1.04. The Morgan fingerprint density at radius 2 is 1.05 bits per heavy atom. The van der Waals surface area contributed by atoms with Crippen LogP contribution in [0.4, 0.5) is 0 Å². The van der Waals surface area contributed by atoms with Gasteiger partial charge in [0.05, 0.1) is 0 Å². The molecular weight excluding hydrogens is 252 g/mol. The average molecular weight is 274 g/mol. The Bertz CT molecular complexity index is 594. The molecule has 0 aromatic rings. The molecule has 21 heavy (non-hydrogen) atoms. The summed E-state index contributed by atoms with van der Waals surface area (Å²) in [4.78, 5) is 0. The summed E-state index contributed by atoms with van der Waals surface area (Å²) in [7, 11) is 0. The van der Waals surface area contributed by atoms with Crippen LogP contribution in [0.3, 0.4) is 0 Å². The fraction of sp³-hybridized carbons (Fsp3) is 0.0476. The van der Waals surface area contributed by atoms with Gasteiger partial charge in [-0.2, -0.15) is 0 Å². The molecule has 0 bridgehead atoms. The quantitative estimate of drug-likeness (QED) is 0.583. The second-order valence-corrected chi connectivity index (χ2v) is 4.46. The maximum absolute atomic E-state index is 3.86. The first-order chi connectivity index (χ1) is 10.3. The van der Waals surface area contributed by atoms with Crippen molar-refractivity contribution in [1.29, 1.82) is 0 Å². The monoisotopic (exact) mass is 274 g/mol. The molecule has 1 rings (SSSR count). The van der Waals surface area contributed by atoms with E-state index in [2.05, 4.69) is 32.2 Å². The predicted molar refractivity (Wildman–Crippen MR) is 96.0 cm³/mol. The minimum Gasteiger partial charge on any atom is -0.0984 e. The Labute approximate surface area is 128 Å². The maximum Gasteiger partial charge on any atom is -0.0190 e. The number of allylic oxidation sites excluding steroid dienone is 18. The first-order valence-electron chi connectivity index (χ1n) is 6.97. The molecule has 0 heterocycles. The van der Waals surface area contributed by atoms with Crippen molar-refractivity contribution in [3.05, 3.63) is 121 Å². The van der Waals surface area contributed by atoms with Gasteiger partial charge in [0.2, 0.25) is 0 Å². The van der Waals surface area contributed by atoms with Crippen molar-refractivity contribution in [2.24, 2.45) is 0 Å². The van der Waals surface area contributed by atoms with E-state index in [1.807, 2.05) is 79.0 Å². The highest BCUT2D eigenvalue weighted by Gasteiger charge is 1.91. The highest BCUT2D eigenvalue weighted by atomic mass is 14.0. The molecule has 0 aromatic heterocycles. The second-order valence-electron chi connectivity index (χ2n) is 4.46. The van der Waals surface area contributed by atoms with E-state index in [4.69, 9.17) is 0 Å². The largest absolute Gasteiger partial charge is 0.0984 e. The third kappa shape index (κ3) is 6.93. The Morgan fingerprint density at radius 3 is 1.57 bits per heavy atom. The zero-order valence-electron chi connectivity index (χ0n) is 12.6. The highest BCUT2D eigenvalue weighted by molar-refractivity contribution is 5.46. The summed E-state index contributed by atoms with van der Waals surface area (Å²) < 4.78 is 0. The van der Waals surface area contributed by atoms with E-state index in [1.54, 1.807) is 0 Å². The smallest absolute Gasteiger partial charge is 0.0190 e. The van der Waals surface area contributed by atoms with E-state index in [0.29, 0.717) is 0 Å². The van der Waals surface area contributed by atoms with Crippen molar-refractivity contribution in [3.63, 3.8) is 0 Å². The summed E-state index contributed by atoms with van der Waals surface area (Å²) in [5, 5.41) is 0. The van der Waals surface area contributed by atoms with Gasteiger partial charge >= 0.3 is 0 Å². The van der Waals surface area contributed by atoms with Gasteiger partial charge in [-0.05, 0) is 18.1 Å². The molecule has 0 aromatic carbocycles. The van der Waals surface area contributed by atoms with Gasteiger partial charge in [0.25, 0.3) is 0 Å². The topological polar surface area (TPSA) is 0 Å². The van der Waals surface area contributed by atoms with Crippen molar-refractivity contribution in [3.8, 4) is 0 Å². The second kappa shape index (κ2) is 10.2. The van der Waals surface area contributed by atoms with Gasteiger partial charge in [-0.25, -0.2) is 0 Å². The van der Waals surface area contributed by atoms with Crippen LogP contribution < -0.4 is 0 Å². The van der Waals surface area contributed by atoms with Gasteiger partial charge < -0.3 is 0 Å². The van der Waals surface area contributed by atoms with Crippen LogP contribution >= 0.6 is 0 Å². The zero-order chi connectivity index (χ0) is 15.3. The molecule has 0 amide bonds. The number of hydrogen-bond acceptors (Lipinski definition) is 0. The van der Waals surface area contributed by atoms with E-state index >= 15 is 0 Å². The molecule has 0 aliphatic heterocycles. The lowest BCUT2D eigenvalue weighted by Gasteiger charge is -1.98. The van der Waals surface area contributed by atoms with E-state index < -0.39 is 0 Å². The van der Waals surface area contributed by atoms with Crippen molar-refractivity contribution < 1.29 is 0 Å². The Hall–Kier alpha value is -2.60. The van der Waals surface area contributed by atoms with E-state index in [9.17, 15) is 0 Å². The van der Waals surface area contributed by atoms with Crippen LogP contribution in [0.2, 0.25) is 0 Å². The lowest BCUT2D eigenvalue weighted by Crippen LogP contribution is -1.79. The summed E-state index contributed by atoms with van der Waals surface area (Å²) in [6.07, 6.45) is 29.9. The molecule has 0 N–H and O–H groups in total. The fourth-order valence-electron chi connectivity index (χ4n) is 1.67. The van der Waals surface area contributed by atoms with Gasteiger partial charge in [0.1, 0.15) is 0 Å². The summed E-state index contributed by atoms with van der Waals surface area (Å²) >= 11 is 0. The molecule has 106 valence electrons. The Balaban J connectivity index is 3.13. The molecule has 0 spiro atoms. The van der Waals surface area contributed by atoms with Gasteiger partial charge in [-0.3, -0.25) is 0 Å². The van der Waals surface area contributed by atoms with E-state index in [1.165, 1.54) is 5.57 Å². The molecule has 1 aliphatic rings. The zero-order valence-corrected chi connectivity index (χ0v) is 12.6. The molecule has 0 nitrogen and oxygen atoms in total. The molecular formula is C21H22. The van der Waals surface area contributed by atoms with Crippen LogP contribution in [0.5, 0.6) is 0 Å². The van der Waals surface area contributed by atoms with Gasteiger partial charge in [0, 0.05) is 0 Å². The van der Waals surface area contributed by atoms with Gasteiger partial charge in [-0.1, -0.05) is 110 Å². The first-order valence-corrected chi connectivity index (χ1v) is 6.97. The van der Waals surface area contributed by atoms with Crippen LogP contribution in [0.25, 0.3) is 0 Å². The minimum atomic E-state index is 1.04. The molecule has 0 atom stereocenters. The summed E-state index contributed by atoms with van der Waals surface area (Å²) in [5.41, 5.74) is 3.29. The van der Waals surface area contributed by atoms with Crippen LogP contribution in [0, 0.1) is 0 Å². The maximum atomic E-state index is 3.86. The molecule has 0 saturated heterocycles. The van der Waals surface area contributed by atoms with Crippen molar-refractivity contribution in [2.75, 3.05) is 0 Å². The van der Waals surface area contributed by atoms with Crippen LogP contribution in [0.15, 0.2) is 121 Å². The SMILES string of the molecule is C=CC1=C(C=C)/C=C/C=C\C=C/C(C)=C\C=C/C=C\C=C\1. The highest BCUT2D eigenvalue weighted by Crippen LogP contribution is 2.11. The lowest BCUT2D eigenvalue weighted by molar-refractivity contribution is 1.52. The third-order valence-electron chi connectivity index (χ3n) is 2.82. The van der Waals surface area contributed by atoms with Crippen molar-refractivity contribution in [1.82, 2.24) is 0 Å². The molecule has 0 heteroatoms. The van der Waals surface area contributed by atoms with Crippen LogP contribution in [-0.4, -0.2) is 0 Å². The average Bonchev–Trinajstić information content (AvgIpc) is 2.49. The lowest BCUT2D eigenvalue weighted by atomic mass is 10.1. The van der Waals surface area contributed by atoms with E-state index in [-0.39, 0.29) is 0 Å². The van der Waals surface area contributed by atoms with Crippen molar-refractivity contribution >= 4 is 0 Å². The molecule has 0 radical (unpaired) electrons. The molecule has 1 aliphatic carbocycles. The summed E-state index contributed by atoms with van der Waals surface area (Å²) in [6.45, 7) is 9.79. The van der Waals surface area contributed by atoms with Crippen LogP contribution in [0.1, 0.15) is 6.92 Å². The molecule has 0 saturated carbocycles. The number of rotatable bonds is 2. The van der Waals surface area contributed by atoms with Crippen molar-refractivity contribution in [2.45, 2.75) is 6.92 Å². The third-order valence-corrected chi connectivity index (χ3v) is 2.82. The molecule has 0 unspecified atom stereocenters. The Kier molecular flexibility index (Phi) is 8.01. The van der Waals surface area contributed by atoms with Gasteiger partial charge in [0.15, 0.2) is 0 Å². The normalized spacial score (nSPS) is 31.2. The first kappa shape index (κ1) is 16.5. The Morgan fingerprint density at radius 1 is 0.619 bits per heavy atom. The van der Waals surface area contributed by atoms with Crippen LogP contribution in [-0.2, 0) is 0 Å². The van der Waals surface area contributed by atoms with Gasteiger partial charge in [-0.15, -0.1) is 0 Å². The molecule has 0 fully saturated rings. The summed E-state index contributed by atoms with van der Waals surface area (Å²) in [6, 6.07) is 0.